The minimum Gasteiger partial charge on any atom is -0.478 e. The standard InChI is InChI=1S/C14H11NO4/c1-7-6-10(8(2)18-7)13-15-11-5-3-4-9(14(16)17)12(11)19-13/h3-6H,1-2H3,(H,16,17). The molecule has 0 fully saturated rings. The van der Waals surface area contributed by atoms with E-state index in [0.717, 1.165) is 11.3 Å². The number of hydrogen-bond acceptors (Lipinski definition) is 4. The molecular formula is C14H11NO4. The Morgan fingerprint density at radius 3 is 2.68 bits per heavy atom. The molecule has 5 heteroatoms. The van der Waals surface area contributed by atoms with Gasteiger partial charge in [0, 0.05) is 0 Å². The fourth-order valence-electron chi connectivity index (χ4n) is 2.08. The van der Waals surface area contributed by atoms with Gasteiger partial charge in [-0.25, -0.2) is 9.78 Å². The van der Waals surface area contributed by atoms with E-state index >= 15 is 0 Å². The summed E-state index contributed by atoms with van der Waals surface area (Å²) in [6.45, 7) is 3.65. The quantitative estimate of drug-likeness (QED) is 0.761. The molecule has 2 heterocycles. The average Bonchev–Trinajstić information content (AvgIpc) is 2.91. The van der Waals surface area contributed by atoms with Crippen molar-refractivity contribution in [3.05, 3.63) is 41.3 Å². The summed E-state index contributed by atoms with van der Waals surface area (Å²) in [4.78, 5) is 15.4. The summed E-state index contributed by atoms with van der Waals surface area (Å²) in [5.74, 6) is 0.792. The zero-order valence-corrected chi connectivity index (χ0v) is 10.4. The van der Waals surface area contributed by atoms with Crippen LogP contribution in [0.3, 0.4) is 0 Å². The normalized spacial score (nSPS) is 11.1. The number of carboxylic acid groups (broad SMARTS) is 1. The van der Waals surface area contributed by atoms with E-state index in [1.54, 1.807) is 12.1 Å². The Kier molecular flexibility index (Phi) is 2.41. The minimum atomic E-state index is -1.03. The van der Waals surface area contributed by atoms with Crippen LogP contribution in [0.5, 0.6) is 0 Å². The molecule has 0 atom stereocenters. The van der Waals surface area contributed by atoms with Crippen LogP contribution in [0.2, 0.25) is 0 Å². The number of para-hydroxylation sites is 1. The molecule has 0 saturated carbocycles. The Morgan fingerprint density at radius 1 is 1.26 bits per heavy atom. The smallest absolute Gasteiger partial charge is 0.339 e. The molecule has 0 aliphatic heterocycles. The zero-order chi connectivity index (χ0) is 13.6. The molecular weight excluding hydrogens is 246 g/mol. The number of aromatic carboxylic acids is 1. The Morgan fingerprint density at radius 2 is 2.05 bits per heavy atom. The number of rotatable bonds is 2. The van der Waals surface area contributed by atoms with Crippen LogP contribution in [0, 0.1) is 13.8 Å². The number of aromatic nitrogens is 1. The first-order valence-corrected chi connectivity index (χ1v) is 5.76. The SMILES string of the molecule is Cc1cc(-c2nc3cccc(C(=O)O)c3o2)c(C)o1. The van der Waals surface area contributed by atoms with Crippen LogP contribution < -0.4 is 0 Å². The van der Waals surface area contributed by atoms with Crippen molar-refractivity contribution in [2.45, 2.75) is 13.8 Å². The van der Waals surface area contributed by atoms with Crippen molar-refractivity contribution in [1.82, 2.24) is 4.98 Å². The molecule has 0 amide bonds. The van der Waals surface area contributed by atoms with Crippen LogP contribution in [-0.4, -0.2) is 16.1 Å². The van der Waals surface area contributed by atoms with E-state index in [1.165, 1.54) is 6.07 Å². The predicted octanol–water partition coefficient (Wildman–Crippen LogP) is 3.40. The van der Waals surface area contributed by atoms with Gasteiger partial charge in [-0.05, 0) is 32.0 Å². The van der Waals surface area contributed by atoms with Crippen molar-refractivity contribution in [1.29, 1.82) is 0 Å². The number of furan rings is 1. The highest BCUT2D eigenvalue weighted by Gasteiger charge is 2.18. The molecule has 1 aromatic carbocycles. The summed E-state index contributed by atoms with van der Waals surface area (Å²) < 4.78 is 11.0. The van der Waals surface area contributed by atoms with Gasteiger partial charge in [0.15, 0.2) is 5.58 Å². The van der Waals surface area contributed by atoms with Crippen LogP contribution >= 0.6 is 0 Å². The minimum absolute atomic E-state index is 0.106. The van der Waals surface area contributed by atoms with Crippen molar-refractivity contribution >= 4 is 17.1 Å². The number of aryl methyl sites for hydroxylation is 2. The number of benzene rings is 1. The van der Waals surface area contributed by atoms with Crippen LogP contribution in [0.1, 0.15) is 21.9 Å². The van der Waals surface area contributed by atoms with E-state index in [4.69, 9.17) is 13.9 Å². The highest BCUT2D eigenvalue weighted by atomic mass is 16.4. The molecule has 0 radical (unpaired) electrons. The molecule has 0 unspecified atom stereocenters. The lowest BCUT2D eigenvalue weighted by Gasteiger charge is -1.93. The first-order valence-electron chi connectivity index (χ1n) is 5.76. The number of carboxylic acids is 1. The molecule has 1 N–H and O–H groups in total. The second-order valence-corrected chi connectivity index (χ2v) is 4.30. The van der Waals surface area contributed by atoms with Crippen molar-refractivity contribution in [2.24, 2.45) is 0 Å². The van der Waals surface area contributed by atoms with Gasteiger partial charge >= 0.3 is 5.97 Å². The van der Waals surface area contributed by atoms with Gasteiger partial charge in [-0.2, -0.15) is 0 Å². The summed E-state index contributed by atoms with van der Waals surface area (Å²) in [5, 5.41) is 9.12. The van der Waals surface area contributed by atoms with E-state index in [1.807, 2.05) is 19.9 Å². The number of hydrogen-bond donors (Lipinski definition) is 1. The monoisotopic (exact) mass is 257 g/mol. The Hall–Kier alpha value is -2.56. The molecule has 0 saturated heterocycles. The number of oxazole rings is 1. The van der Waals surface area contributed by atoms with Gasteiger partial charge in [0.05, 0.1) is 5.56 Å². The molecule has 96 valence electrons. The fraction of sp³-hybridized carbons (Fsp3) is 0.143. The highest BCUT2D eigenvalue weighted by Crippen LogP contribution is 2.30. The van der Waals surface area contributed by atoms with Gasteiger partial charge in [0.1, 0.15) is 22.6 Å². The molecule has 3 aromatic rings. The van der Waals surface area contributed by atoms with Gasteiger partial charge < -0.3 is 13.9 Å². The van der Waals surface area contributed by atoms with E-state index in [9.17, 15) is 4.79 Å². The molecule has 0 spiro atoms. The molecule has 5 nitrogen and oxygen atoms in total. The third-order valence-corrected chi connectivity index (χ3v) is 2.92. The van der Waals surface area contributed by atoms with E-state index in [0.29, 0.717) is 17.2 Å². The fourth-order valence-corrected chi connectivity index (χ4v) is 2.08. The summed E-state index contributed by atoms with van der Waals surface area (Å²) in [6, 6.07) is 6.68. The molecule has 0 aliphatic carbocycles. The number of nitrogens with zero attached hydrogens (tertiary/aromatic N) is 1. The summed E-state index contributed by atoms with van der Waals surface area (Å²) in [6.07, 6.45) is 0. The van der Waals surface area contributed by atoms with E-state index in [-0.39, 0.29) is 11.1 Å². The maximum atomic E-state index is 11.1. The Labute approximate surface area is 108 Å². The first kappa shape index (κ1) is 11.5. The van der Waals surface area contributed by atoms with E-state index in [2.05, 4.69) is 4.98 Å². The largest absolute Gasteiger partial charge is 0.478 e. The van der Waals surface area contributed by atoms with Crippen LogP contribution in [-0.2, 0) is 0 Å². The molecule has 2 aromatic heterocycles. The predicted molar refractivity (Wildman–Crippen MR) is 68.1 cm³/mol. The van der Waals surface area contributed by atoms with Gasteiger partial charge in [0.2, 0.25) is 5.89 Å². The molecule has 3 rings (SSSR count). The maximum absolute atomic E-state index is 11.1. The highest BCUT2D eigenvalue weighted by molar-refractivity contribution is 6.00. The lowest BCUT2D eigenvalue weighted by atomic mass is 10.2. The third-order valence-electron chi connectivity index (χ3n) is 2.92. The van der Waals surface area contributed by atoms with Gasteiger partial charge in [0.25, 0.3) is 0 Å². The zero-order valence-electron chi connectivity index (χ0n) is 10.4. The lowest BCUT2D eigenvalue weighted by molar-refractivity contribution is 0.0698. The van der Waals surface area contributed by atoms with E-state index < -0.39 is 5.97 Å². The number of fused-ring (bicyclic) bond motifs is 1. The molecule has 19 heavy (non-hydrogen) atoms. The van der Waals surface area contributed by atoms with Crippen molar-refractivity contribution in [2.75, 3.05) is 0 Å². The maximum Gasteiger partial charge on any atom is 0.339 e. The summed E-state index contributed by atoms with van der Waals surface area (Å²) >= 11 is 0. The lowest BCUT2D eigenvalue weighted by Crippen LogP contribution is -1.95. The second kappa shape index (κ2) is 3.98. The van der Waals surface area contributed by atoms with Gasteiger partial charge in [-0.15, -0.1) is 0 Å². The van der Waals surface area contributed by atoms with Crippen molar-refractivity contribution in [3.63, 3.8) is 0 Å². The molecule has 0 bridgehead atoms. The van der Waals surface area contributed by atoms with Crippen LogP contribution in [0.4, 0.5) is 0 Å². The molecule has 0 aliphatic rings. The Balaban J connectivity index is 2.25. The van der Waals surface area contributed by atoms with Crippen LogP contribution in [0.25, 0.3) is 22.6 Å². The summed E-state index contributed by atoms with van der Waals surface area (Å²) in [5.41, 5.74) is 1.65. The van der Waals surface area contributed by atoms with Gasteiger partial charge in [-0.1, -0.05) is 6.07 Å². The number of carbonyl (C=O) groups is 1. The first-order chi connectivity index (χ1) is 9.06. The van der Waals surface area contributed by atoms with Crippen molar-refractivity contribution in [3.8, 4) is 11.5 Å². The third kappa shape index (κ3) is 1.79. The van der Waals surface area contributed by atoms with Gasteiger partial charge in [-0.3, -0.25) is 0 Å². The topological polar surface area (TPSA) is 76.5 Å². The second-order valence-electron chi connectivity index (χ2n) is 4.30. The average molecular weight is 257 g/mol. The van der Waals surface area contributed by atoms with Crippen molar-refractivity contribution < 1.29 is 18.7 Å². The van der Waals surface area contributed by atoms with Crippen LogP contribution in [0.15, 0.2) is 33.1 Å². The summed E-state index contributed by atoms with van der Waals surface area (Å²) in [7, 11) is 0. The Bertz CT molecular complexity index is 782.